The number of hydrogen-bond donors (Lipinski definition) is 1. The second kappa shape index (κ2) is 9.55. The van der Waals surface area contributed by atoms with E-state index < -0.39 is 22.1 Å². The minimum atomic E-state index is -3.36. The molecule has 0 aromatic rings. The molecule has 0 aromatic heterocycles. The Bertz CT molecular complexity index is 501. The van der Waals surface area contributed by atoms with E-state index in [1.165, 1.54) is 13.5 Å². The van der Waals surface area contributed by atoms with Gasteiger partial charge in [0.1, 0.15) is 6.10 Å². The number of esters is 1. The SMILES string of the molecule is CN(C[C@@H](O)[CH-]CC(=O)OC1COC2OCCC12)S(C)(=O)=O.[K+]. The van der Waals surface area contributed by atoms with Crippen LogP contribution >= 0.6 is 0 Å². The minimum absolute atomic E-state index is 0. The summed E-state index contributed by atoms with van der Waals surface area (Å²) in [5.74, 6) is -0.396. The van der Waals surface area contributed by atoms with Crippen LogP contribution in [0.5, 0.6) is 0 Å². The molecule has 10 heteroatoms. The van der Waals surface area contributed by atoms with Gasteiger partial charge in [0, 0.05) is 13.6 Å². The number of rotatable bonds is 7. The van der Waals surface area contributed by atoms with Gasteiger partial charge >= 0.3 is 51.4 Å². The molecule has 8 nitrogen and oxygen atoms in total. The molecule has 0 saturated carbocycles. The summed E-state index contributed by atoms with van der Waals surface area (Å²) in [5, 5.41) is 9.73. The van der Waals surface area contributed by atoms with Crippen LogP contribution in [0.4, 0.5) is 0 Å². The van der Waals surface area contributed by atoms with E-state index in [9.17, 15) is 18.3 Å². The quantitative estimate of drug-likeness (QED) is 0.276. The Labute approximate surface area is 179 Å². The Morgan fingerprint density at radius 1 is 1.48 bits per heavy atom. The van der Waals surface area contributed by atoms with Crippen LogP contribution in [0.15, 0.2) is 0 Å². The van der Waals surface area contributed by atoms with Gasteiger partial charge in [0.05, 0.1) is 25.4 Å². The summed E-state index contributed by atoms with van der Waals surface area (Å²) in [6, 6.07) is 0. The molecule has 2 heterocycles. The van der Waals surface area contributed by atoms with Gasteiger partial charge in [0.2, 0.25) is 10.0 Å². The fraction of sp³-hybridized carbons (Fsp3) is 0.846. The van der Waals surface area contributed by atoms with E-state index in [0.717, 1.165) is 17.0 Å². The first-order valence-electron chi connectivity index (χ1n) is 7.13. The van der Waals surface area contributed by atoms with Gasteiger partial charge in [-0.2, -0.15) is 0 Å². The van der Waals surface area contributed by atoms with E-state index in [1.807, 2.05) is 0 Å². The Morgan fingerprint density at radius 2 is 2.17 bits per heavy atom. The van der Waals surface area contributed by atoms with Crippen LogP contribution in [0.1, 0.15) is 12.8 Å². The molecule has 23 heavy (non-hydrogen) atoms. The second-order valence-electron chi connectivity index (χ2n) is 5.60. The molecule has 2 rings (SSSR count). The van der Waals surface area contributed by atoms with Gasteiger partial charge in [-0.3, -0.25) is 11.2 Å². The van der Waals surface area contributed by atoms with Crippen molar-refractivity contribution < 1.29 is 83.9 Å². The molecule has 2 fully saturated rings. The Morgan fingerprint density at radius 3 is 2.83 bits per heavy atom. The maximum Gasteiger partial charge on any atom is 1.00 e. The summed E-state index contributed by atoms with van der Waals surface area (Å²) in [5.41, 5.74) is 0. The molecule has 1 N–H and O–H groups in total. The van der Waals surface area contributed by atoms with E-state index >= 15 is 0 Å². The fourth-order valence-corrected chi connectivity index (χ4v) is 2.89. The van der Waals surface area contributed by atoms with E-state index in [4.69, 9.17) is 14.2 Å². The monoisotopic (exact) mass is 375 g/mol. The van der Waals surface area contributed by atoms with Crippen LogP contribution in [-0.2, 0) is 29.0 Å². The summed E-state index contributed by atoms with van der Waals surface area (Å²) in [6.45, 7) is 0.823. The Balaban J connectivity index is 0.00000264. The van der Waals surface area contributed by atoms with Crippen molar-refractivity contribution in [1.82, 2.24) is 4.31 Å². The van der Waals surface area contributed by atoms with Crippen LogP contribution in [0.25, 0.3) is 0 Å². The number of likely N-dealkylation sites (N-methyl/N-ethyl adjacent to an activating group) is 1. The number of aliphatic hydroxyl groups is 1. The molecular formula is C13H22KNO7S. The molecule has 0 bridgehead atoms. The predicted octanol–water partition coefficient (Wildman–Crippen LogP) is -3.86. The zero-order valence-electron chi connectivity index (χ0n) is 13.7. The molecule has 4 atom stereocenters. The summed E-state index contributed by atoms with van der Waals surface area (Å²) >= 11 is 0. The third kappa shape index (κ3) is 6.61. The maximum absolute atomic E-state index is 11.8. The van der Waals surface area contributed by atoms with Crippen LogP contribution in [0.2, 0.25) is 0 Å². The number of carbonyl (C=O) groups excluding carboxylic acids is 1. The number of ether oxygens (including phenoxy) is 3. The Hall–Kier alpha value is 0.896. The number of fused-ring (bicyclic) bond motifs is 1. The summed E-state index contributed by atoms with van der Waals surface area (Å²) in [6.07, 6.45) is 1.47. The average Bonchev–Trinajstić information content (AvgIpc) is 3.00. The van der Waals surface area contributed by atoms with Crippen molar-refractivity contribution in [2.75, 3.05) is 33.1 Å². The number of aliphatic hydroxyl groups excluding tert-OH is 1. The molecule has 0 aromatic carbocycles. The van der Waals surface area contributed by atoms with Gasteiger partial charge in [-0.05, 0) is 6.42 Å². The van der Waals surface area contributed by atoms with Crippen molar-refractivity contribution in [1.29, 1.82) is 0 Å². The first kappa shape index (κ1) is 21.9. The van der Waals surface area contributed by atoms with Crippen LogP contribution in [0, 0.1) is 12.3 Å². The zero-order valence-corrected chi connectivity index (χ0v) is 17.6. The summed E-state index contributed by atoms with van der Waals surface area (Å²) in [4.78, 5) is 11.8. The zero-order chi connectivity index (χ0) is 16.3. The topological polar surface area (TPSA) is 102 Å². The average molecular weight is 375 g/mol. The van der Waals surface area contributed by atoms with E-state index in [1.54, 1.807) is 0 Å². The van der Waals surface area contributed by atoms with Crippen molar-refractivity contribution in [2.24, 2.45) is 5.92 Å². The van der Waals surface area contributed by atoms with E-state index in [-0.39, 0.29) is 82.7 Å². The molecule has 0 radical (unpaired) electrons. The van der Waals surface area contributed by atoms with Gasteiger partial charge in [-0.1, -0.05) is 12.5 Å². The van der Waals surface area contributed by atoms with Crippen molar-refractivity contribution in [3.8, 4) is 0 Å². The summed E-state index contributed by atoms with van der Waals surface area (Å²) in [7, 11) is -2.00. The van der Waals surface area contributed by atoms with Crippen molar-refractivity contribution in [3.63, 3.8) is 0 Å². The smallest absolute Gasteiger partial charge is 0.461 e. The van der Waals surface area contributed by atoms with Crippen LogP contribution in [-0.4, -0.2) is 75.4 Å². The molecule has 2 aliphatic rings. The van der Waals surface area contributed by atoms with Crippen LogP contribution < -0.4 is 51.4 Å². The minimum Gasteiger partial charge on any atom is -0.461 e. The van der Waals surface area contributed by atoms with Crippen molar-refractivity contribution >= 4 is 16.0 Å². The summed E-state index contributed by atoms with van der Waals surface area (Å²) < 4.78 is 39.5. The van der Waals surface area contributed by atoms with E-state index in [2.05, 4.69) is 0 Å². The molecule has 0 amide bonds. The van der Waals surface area contributed by atoms with Gasteiger partial charge in [-0.25, -0.2) is 12.7 Å². The molecule has 0 spiro atoms. The molecule has 2 aliphatic heterocycles. The standard InChI is InChI=1S/C13H22NO7S.K/c1-14(22(2,17)18)7-9(15)3-4-12(16)21-11-8-20-13-10(11)5-6-19-13;/h3,9-11,13,15H,4-8H2,1-2H3;/q-1;+1/t9-,10?,11?,13?;/m0./s1. The normalized spacial score (nSPS) is 28.3. The molecule has 2 saturated heterocycles. The van der Waals surface area contributed by atoms with Crippen molar-refractivity contribution in [3.05, 3.63) is 6.42 Å². The fourth-order valence-electron chi connectivity index (χ4n) is 2.47. The third-order valence-electron chi connectivity index (χ3n) is 3.83. The molecule has 3 unspecified atom stereocenters. The first-order valence-corrected chi connectivity index (χ1v) is 8.97. The van der Waals surface area contributed by atoms with Gasteiger partial charge in [-0.15, -0.1) is 0 Å². The van der Waals surface area contributed by atoms with Crippen LogP contribution in [0.3, 0.4) is 0 Å². The first-order chi connectivity index (χ1) is 10.3. The number of hydrogen-bond acceptors (Lipinski definition) is 7. The van der Waals surface area contributed by atoms with Gasteiger partial charge in [0.25, 0.3) is 5.97 Å². The van der Waals surface area contributed by atoms with Gasteiger partial charge < -0.3 is 19.3 Å². The number of carbonyl (C=O) groups is 1. The predicted molar refractivity (Wildman–Crippen MR) is 76.1 cm³/mol. The Kier molecular flexibility index (Phi) is 9.11. The maximum atomic E-state index is 11.8. The van der Waals surface area contributed by atoms with E-state index in [0.29, 0.717) is 13.2 Å². The van der Waals surface area contributed by atoms with Gasteiger partial charge in [0.15, 0.2) is 6.29 Å². The molecule has 128 valence electrons. The number of sulfonamides is 1. The molecule has 0 aliphatic carbocycles. The third-order valence-corrected chi connectivity index (χ3v) is 5.12. The van der Waals surface area contributed by atoms with Crippen molar-refractivity contribution in [2.45, 2.75) is 31.3 Å². The number of nitrogens with zero attached hydrogens (tertiary/aromatic N) is 1. The second-order valence-corrected chi connectivity index (χ2v) is 7.69. The molecular weight excluding hydrogens is 353 g/mol. The largest absolute Gasteiger partial charge is 1.00 e.